The summed E-state index contributed by atoms with van der Waals surface area (Å²) in [6.07, 6.45) is 9.51. The Labute approximate surface area is 79.7 Å². The van der Waals surface area contributed by atoms with Gasteiger partial charge >= 0.3 is 0 Å². The Hall–Kier alpha value is -0.780. The van der Waals surface area contributed by atoms with Gasteiger partial charge in [0.05, 0.1) is 0 Å². The van der Waals surface area contributed by atoms with E-state index in [1.807, 2.05) is 58.9 Å². The van der Waals surface area contributed by atoms with Crippen molar-refractivity contribution >= 4 is 0 Å². The predicted octanol–water partition coefficient (Wildman–Crippen LogP) is 4.99. The fourth-order valence-corrected chi connectivity index (χ4v) is 0.254. The van der Waals surface area contributed by atoms with Crippen LogP contribution in [-0.2, 0) is 0 Å². The molecule has 12 heavy (non-hydrogen) atoms. The van der Waals surface area contributed by atoms with Gasteiger partial charge in [0.25, 0.3) is 0 Å². The van der Waals surface area contributed by atoms with Crippen molar-refractivity contribution in [3.05, 3.63) is 37.0 Å². The fourth-order valence-electron chi connectivity index (χ4n) is 0.254. The van der Waals surface area contributed by atoms with Crippen LogP contribution in [-0.4, -0.2) is 0 Å². The number of allylic oxidation sites excluding steroid dienone is 5. The molecule has 0 aromatic rings. The van der Waals surface area contributed by atoms with E-state index in [-0.39, 0.29) is 7.43 Å². The third kappa shape index (κ3) is 60.1. The quantitative estimate of drug-likeness (QED) is 0.512. The first-order valence-corrected chi connectivity index (χ1v) is 4.32. The summed E-state index contributed by atoms with van der Waals surface area (Å²) in [6.45, 7) is 13.5. The van der Waals surface area contributed by atoms with Crippen molar-refractivity contribution in [2.45, 2.75) is 42.0 Å². The number of rotatable bonds is 2. The first kappa shape index (κ1) is 22.5. The van der Waals surface area contributed by atoms with Crippen LogP contribution in [0.3, 0.4) is 0 Å². The second-order valence-corrected chi connectivity index (χ2v) is 1.15. The minimum atomic E-state index is 0. The Kier molecular flexibility index (Phi) is 91.4. The third-order valence-electron chi connectivity index (χ3n) is 0.551. The molecule has 0 nitrogen and oxygen atoms in total. The zero-order valence-corrected chi connectivity index (χ0v) is 8.59. The van der Waals surface area contributed by atoms with Gasteiger partial charge in [0.1, 0.15) is 0 Å². The van der Waals surface area contributed by atoms with E-state index in [0.29, 0.717) is 0 Å². The van der Waals surface area contributed by atoms with Crippen molar-refractivity contribution in [3.63, 3.8) is 0 Å². The van der Waals surface area contributed by atoms with E-state index < -0.39 is 0 Å². The molecule has 0 atom stereocenters. The molecule has 0 fully saturated rings. The van der Waals surface area contributed by atoms with E-state index in [4.69, 9.17) is 0 Å². The van der Waals surface area contributed by atoms with Crippen LogP contribution in [0.4, 0.5) is 0 Å². The molecule has 0 N–H and O–H groups in total. The van der Waals surface area contributed by atoms with Crippen LogP contribution >= 0.6 is 0 Å². The van der Waals surface area contributed by atoms with E-state index in [9.17, 15) is 0 Å². The summed E-state index contributed by atoms with van der Waals surface area (Å²) in [7, 11) is 0. The monoisotopic (exact) mass is 170 g/mol. The molecule has 0 aromatic carbocycles. The van der Waals surface area contributed by atoms with Gasteiger partial charge in [-0.25, -0.2) is 0 Å². The van der Waals surface area contributed by atoms with Crippen LogP contribution in [0.25, 0.3) is 0 Å². The SMILES string of the molecule is C.C=C/C=C\C=C/C.CC.CC. The summed E-state index contributed by atoms with van der Waals surface area (Å²) in [4.78, 5) is 0. The van der Waals surface area contributed by atoms with Crippen LogP contribution in [0.5, 0.6) is 0 Å². The van der Waals surface area contributed by atoms with E-state index >= 15 is 0 Å². The molecular weight excluding hydrogens is 144 g/mol. The zero-order chi connectivity index (χ0) is 9.54. The average Bonchev–Trinajstić information content (AvgIpc) is 2.13. The molecular formula is C12H26. The first-order chi connectivity index (χ1) is 5.41. The molecule has 0 rings (SSSR count). The van der Waals surface area contributed by atoms with Gasteiger partial charge in [0.15, 0.2) is 0 Å². The van der Waals surface area contributed by atoms with E-state index in [1.54, 1.807) is 6.08 Å². The van der Waals surface area contributed by atoms with Crippen LogP contribution < -0.4 is 0 Å². The number of hydrogen-bond donors (Lipinski definition) is 0. The Bertz CT molecular complexity index is 86.2. The van der Waals surface area contributed by atoms with Crippen molar-refractivity contribution in [2.24, 2.45) is 0 Å². The minimum absolute atomic E-state index is 0. The predicted molar refractivity (Wildman–Crippen MR) is 63.6 cm³/mol. The molecule has 74 valence electrons. The lowest BCUT2D eigenvalue weighted by atomic mass is 10.4. The molecule has 0 unspecified atom stereocenters. The maximum atomic E-state index is 3.51. The first-order valence-electron chi connectivity index (χ1n) is 4.32. The van der Waals surface area contributed by atoms with Gasteiger partial charge in [-0.3, -0.25) is 0 Å². The summed E-state index contributed by atoms with van der Waals surface area (Å²) in [5.41, 5.74) is 0. The fraction of sp³-hybridized carbons (Fsp3) is 0.500. The second kappa shape index (κ2) is 48.8. The molecule has 0 aliphatic heterocycles. The van der Waals surface area contributed by atoms with Crippen molar-refractivity contribution in [3.8, 4) is 0 Å². The van der Waals surface area contributed by atoms with E-state index in [2.05, 4.69) is 6.58 Å². The molecule has 0 aliphatic rings. The molecule has 0 radical (unpaired) electrons. The largest absolute Gasteiger partial charge is 0.0991 e. The molecule has 0 saturated carbocycles. The highest BCUT2D eigenvalue weighted by atomic mass is 13.6. The number of hydrogen-bond acceptors (Lipinski definition) is 0. The van der Waals surface area contributed by atoms with E-state index in [1.165, 1.54) is 0 Å². The van der Waals surface area contributed by atoms with Crippen molar-refractivity contribution in [2.75, 3.05) is 0 Å². The lowest BCUT2D eigenvalue weighted by molar-refractivity contribution is 1.50. The van der Waals surface area contributed by atoms with Crippen molar-refractivity contribution < 1.29 is 0 Å². The summed E-state index contributed by atoms with van der Waals surface area (Å²) in [6, 6.07) is 0. The Balaban J connectivity index is -0.0000000560. The average molecular weight is 170 g/mol. The maximum Gasteiger partial charge on any atom is -0.0467 e. The topological polar surface area (TPSA) is 0 Å². The molecule has 0 heteroatoms. The highest BCUT2D eigenvalue weighted by molar-refractivity contribution is 5.07. The van der Waals surface area contributed by atoms with Gasteiger partial charge in [-0.05, 0) is 6.92 Å². The van der Waals surface area contributed by atoms with E-state index in [0.717, 1.165) is 0 Å². The molecule has 0 spiro atoms. The van der Waals surface area contributed by atoms with Gasteiger partial charge in [-0.2, -0.15) is 0 Å². The van der Waals surface area contributed by atoms with Gasteiger partial charge in [-0.15, -0.1) is 0 Å². The highest BCUT2D eigenvalue weighted by Gasteiger charge is 1.52. The third-order valence-corrected chi connectivity index (χ3v) is 0.551. The zero-order valence-electron chi connectivity index (χ0n) is 8.59. The lowest BCUT2D eigenvalue weighted by Gasteiger charge is -1.65. The summed E-state index contributed by atoms with van der Waals surface area (Å²) < 4.78 is 0. The Morgan fingerprint density at radius 1 is 0.833 bits per heavy atom. The van der Waals surface area contributed by atoms with Crippen molar-refractivity contribution in [1.29, 1.82) is 0 Å². The Morgan fingerprint density at radius 3 is 1.50 bits per heavy atom. The summed E-state index contributed by atoms with van der Waals surface area (Å²) >= 11 is 0. The molecule has 0 aromatic heterocycles. The van der Waals surface area contributed by atoms with Gasteiger partial charge in [-0.1, -0.05) is 72.1 Å². The van der Waals surface area contributed by atoms with Crippen LogP contribution in [0.1, 0.15) is 42.0 Å². The normalized spacial score (nSPS) is 7.42. The molecule has 0 bridgehead atoms. The maximum absolute atomic E-state index is 3.51. The van der Waals surface area contributed by atoms with Gasteiger partial charge < -0.3 is 0 Å². The van der Waals surface area contributed by atoms with Crippen molar-refractivity contribution in [1.82, 2.24) is 0 Å². The minimum Gasteiger partial charge on any atom is -0.0991 e. The summed E-state index contributed by atoms with van der Waals surface area (Å²) in [5.74, 6) is 0. The van der Waals surface area contributed by atoms with Gasteiger partial charge in [0.2, 0.25) is 0 Å². The highest BCUT2D eigenvalue weighted by Crippen LogP contribution is 1.74. The smallest absolute Gasteiger partial charge is 0.0467 e. The summed E-state index contributed by atoms with van der Waals surface area (Å²) in [5, 5.41) is 0. The van der Waals surface area contributed by atoms with Gasteiger partial charge in [0, 0.05) is 0 Å². The Morgan fingerprint density at radius 2 is 1.25 bits per heavy atom. The van der Waals surface area contributed by atoms with Crippen LogP contribution in [0, 0.1) is 0 Å². The molecule has 0 amide bonds. The van der Waals surface area contributed by atoms with Crippen LogP contribution in [0.2, 0.25) is 0 Å². The standard InChI is InChI=1S/C7H10.2C2H6.CH4/c1-3-5-7-6-4-2;2*1-2;/h3-7H,1H2,2H3;2*1-2H3;1H4/b6-4-,7-5-;;;. The molecule has 0 aliphatic carbocycles. The lowest BCUT2D eigenvalue weighted by Crippen LogP contribution is -1.43. The van der Waals surface area contributed by atoms with Crippen LogP contribution in [0.15, 0.2) is 37.0 Å². The molecule has 0 saturated heterocycles. The molecule has 0 heterocycles. The second-order valence-electron chi connectivity index (χ2n) is 1.15.